The van der Waals surface area contributed by atoms with Gasteiger partial charge in [-0.2, -0.15) is 5.10 Å². The number of aromatic nitrogens is 3. The molecular weight excluding hydrogens is 238 g/mol. The smallest absolute Gasteiger partial charge is 0.215 e. The van der Waals surface area contributed by atoms with E-state index in [1.165, 1.54) is 0 Å². The van der Waals surface area contributed by atoms with E-state index < -0.39 is 0 Å². The second kappa shape index (κ2) is 4.31. The van der Waals surface area contributed by atoms with E-state index in [9.17, 15) is 4.79 Å². The molecule has 1 aromatic carbocycles. The lowest BCUT2D eigenvalue weighted by Gasteiger charge is -2.02. The number of ketones is 1. The van der Waals surface area contributed by atoms with Gasteiger partial charge in [0.2, 0.25) is 5.78 Å². The molecule has 2 aromatic heterocycles. The zero-order chi connectivity index (χ0) is 13.4. The van der Waals surface area contributed by atoms with Gasteiger partial charge in [-0.05, 0) is 25.1 Å². The molecule has 0 bridgehead atoms. The molecule has 19 heavy (non-hydrogen) atoms. The van der Waals surface area contributed by atoms with Gasteiger partial charge in [0, 0.05) is 24.3 Å². The fraction of sp³-hybridized carbons (Fsp3) is 0.133. The first-order chi connectivity index (χ1) is 9.16. The molecule has 3 aromatic rings. The second-order valence-corrected chi connectivity index (χ2v) is 4.50. The Hall–Kier alpha value is -2.49. The Balaban J connectivity index is 2.16. The van der Waals surface area contributed by atoms with Crippen LogP contribution in [0.2, 0.25) is 0 Å². The summed E-state index contributed by atoms with van der Waals surface area (Å²) in [6.45, 7) is 1.92. The zero-order valence-electron chi connectivity index (χ0n) is 10.8. The highest BCUT2D eigenvalue weighted by molar-refractivity contribution is 6.14. The molecule has 2 heterocycles. The maximum Gasteiger partial charge on any atom is 0.215 e. The minimum absolute atomic E-state index is 0.0898. The Labute approximate surface area is 110 Å². The van der Waals surface area contributed by atoms with E-state index in [4.69, 9.17) is 0 Å². The Morgan fingerprint density at radius 1 is 1.21 bits per heavy atom. The van der Waals surface area contributed by atoms with Gasteiger partial charge in [0.25, 0.3) is 0 Å². The first kappa shape index (κ1) is 11.6. The predicted molar refractivity (Wildman–Crippen MR) is 73.1 cm³/mol. The zero-order valence-corrected chi connectivity index (χ0v) is 10.8. The Morgan fingerprint density at radius 3 is 2.74 bits per heavy atom. The summed E-state index contributed by atoms with van der Waals surface area (Å²) < 4.78 is 1.70. The van der Waals surface area contributed by atoms with Crippen molar-refractivity contribution in [1.29, 1.82) is 0 Å². The molecule has 0 aliphatic rings. The number of hydrogen-bond acceptors (Lipinski definition) is 3. The van der Waals surface area contributed by atoms with Crippen LogP contribution in [-0.2, 0) is 7.05 Å². The first-order valence-corrected chi connectivity index (χ1v) is 6.06. The predicted octanol–water partition coefficient (Wildman–Crippen LogP) is 2.51. The molecule has 0 fully saturated rings. The molecular formula is C15H13N3O. The summed E-state index contributed by atoms with van der Waals surface area (Å²) in [7, 11) is 1.83. The standard InChI is InChI=1S/C15H13N3O/c1-10-9-13(17-18(10)2)15(19)12-7-3-5-11-6-4-8-16-14(11)12/h3-9H,1-2H3. The number of rotatable bonds is 2. The minimum Gasteiger partial charge on any atom is -0.287 e. The molecule has 0 N–H and O–H groups in total. The number of fused-ring (bicyclic) bond motifs is 1. The molecule has 4 nitrogen and oxygen atoms in total. The largest absolute Gasteiger partial charge is 0.287 e. The molecule has 0 amide bonds. The molecule has 0 aliphatic heterocycles. The molecule has 0 radical (unpaired) electrons. The molecule has 0 unspecified atom stereocenters. The van der Waals surface area contributed by atoms with E-state index in [0.717, 1.165) is 16.6 Å². The summed E-state index contributed by atoms with van der Waals surface area (Å²) in [4.78, 5) is 16.8. The van der Waals surface area contributed by atoms with Crippen LogP contribution in [0.1, 0.15) is 21.7 Å². The van der Waals surface area contributed by atoms with Crippen molar-refractivity contribution >= 4 is 16.7 Å². The maximum absolute atomic E-state index is 12.5. The van der Waals surface area contributed by atoms with Crippen LogP contribution >= 0.6 is 0 Å². The number of para-hydroxylation sites is 1. The van der Waals surface area contributed by atoms with E-state index in [1.54, 1.807) is 23.0 Å². The van der Waals surface area contributed by atoms with Gasteiger partial charge < -0.3 is 0 Å². The van der Waals surface area contributed by atoms with E-state index >= 15 is 0 Å². The summed E-state index contributed by atoms with van der Waals surface area (Å²) in [5.74, 6) is -0.0898. The molecule has 4 heteroatoms. The van der Waals surface area contributed by atoms with Crippen LogP contribution in [0.25, 0.3) is 10.9 Å². The molecule has 0 spiro atoms. The van der Waals surface area contributed by atoms with Crippen molar-refractivity contribution in [3.8, 4) is 0 Å². The van der Waals surface area contributed by atoms with E-state index in [2.05, 4.69) is 10.1 Å². The van der Waals surface area contributed by atoms with Crippen molar-refractivity contribution in [3.63, 3.8) is 0 Å². The summed E-state index contributed by atoms with van der Waals surface area (Å²) in [6, 6.07) is 11.2. The van der Waals surface area contributed by atoms with Crippen molar-refractivity contribution in [2.75, 3.05) is 0 Å². The number of aryl methyl sites for hydroxylation is 2. The van der Waals surface area contributed by atoms with Gasteiger partial charge in [0.05, 0.1) is 11.1 Å². The second-order valence-electron chi connectivity index (χ2n) is 4.50. The summed E-state index contributed by atoms with van der Waals surface area (Å²) in [5.41, 5.74) is 2.73. The monoisotopic (exact) mass is 251 g/mol. The van der Waals surface area contributed by atoms with Crippen molar-refractivity contribution < 1.29 is 4.79 Å². The quantitative estimate of drug-likeness (QED) is 0.657. The number of pyridine rings is 1. The van der Waals surface area contributed by atoms with Gasteiger partial charge >= 0.3 is 0 Å². The van der Waals surface area contributed by atoms with Crippen LogP contribution in [0.4, 0.5) is 0 Å². The van der Waals surface area contributed by atoms with Crippen molar-refractivity contribution in [3.05, 3.63) is 59.5 Å². The van der Waals surface area contributed by atoms with Gasteiger partial charge in [-0.3, -0.25) is 14.5 Å². The maximum atomic E-state index is 12.5. The van der Waals surface area contributed by atoms with Crippen LogP contribution in [-0.4, -0.2) is 20.5 Å². The summed E-state index contributed by atoms with van der Waals surface area (Å²) >= 11 is 0. The van der Waals surface area contributed by atoms with Gasteiger partial charge in [-0.1, -0.05) is 18.2 Å². The highest BCUT2D eigenvalue weighted by Crippen LogP contribution is 2.19. The molecule has 0 aliphatic carbocycles. The SMILES string of the molecule is Cc1cc(C(=O)c2cccc3cccnc23)nn1C. The third kappa shape index (κ3) is 1.91. The molecule has 94 valence electrons. The van der Waals surface area contributed by atoms with Gasteiger partial charge in [0.15, 0.2) is 0 Å². The lowest BCUT2D eigenvalue weighted by Crippen LogP contribution is -2.04. The number of hydrogen-bond donors (Lipinski definition) is 0. The van der Waals surface area contributed by atoms with E-state index in [1.807, 2.05) is 38.2 Å². The van der Waals surface area contributed by atoms with Crippen LogP contribution < -0.4 is 0 Å². The third-order valence-corrected chi connectivity index (χ3v) is 3.22. The van der Waals surface area contributed by atoms with Gasteiger partial charge in [-0.15, -0.1) is 0 Å². The minimum atomic E-state index is -0.0898. The van der Waals surface area contributed by atoms with Crippen LogP contribution in [0.3, 0.4) is 0 Å². The summed E-state index contributed by atoms with van der Waals surface area (Å²) in [5, 5.41) is 5.19. The van der Waals surface area contributed by atoms with Crippen molar-refractivity contribution in [2.45, 2.75) is 6.92 Å². The number of carbonyl (C=O) groups is 1. The molecule has 3 rings (SSSR count). The average molecular weight is 251 g/mol. The Morgan fingerprint density at radius 2 is 2.00 bits per heavy atom. The Kier molecular flexibility index (Phi) is 2.63. The lowest BCUT2D eigenvalue weighted by molar-refractivity contribution is 0.103. The van der Waals surface area contributed by atoms with Crippen LogP contribution in [0.5, 0.6) is 0 Å². The van der Waals surface area contributed by atoms with Crippen LogP contribution in [0.15, 0.2) is 42.6 Å². The summed E-state index contributed by atoms with van der Waals surface area (Å²) in [6.07, 6.45) is 1.70. The highest BCUT2D eigenvalue weighted by atomic mass is 16.1. The fourth-order valence-electron chi connectivity index (χ4n) is 2.10. The number of nitrogens with zero attached hydrogens (tertiary/aromatic N) is 3. The topological polar surface area (TPSA) is 47.8 Å². The van der Waals surface area contributed by atoms with E-state index in [-0.39, 0.29) is 5.78 Å². The van der Waals surface area contributed by atoms with Gasteiger partial charge in [-0.25, -0.2) is 0 Å². The molecule has 0 saturated heterocycles. The lowest BCUT2D eigenvalue weighted by atomic mass is 10.0. The van der Waals surface area contributed by atoms with Crippen molar-refractivity contribution in [1.82, 2.24) is 14.8 Å². The van der Waals surface area contributed by atoms with E-state index in [0.29, 0.717) is 11.3 Å². The van der Waals surface area contributed by atoms with Crippen molar-refractivity contribution in [2.24, 2.45) is 7.05 Å². The molecule has 0 atom stereocenters. The first-order valence-electron chi connectivity index (χ1n) is 6.06. The third-order valence-electron chi connectivity index (χ3n) is 3.22. The fourth-order valence-corrected chi connectivity index (χ4v) is 2.10. The molecule has 0 saturated carbocycles. The van der Waals surface area contributed by atoms with Crippen LogP contribution in [0, 0.1) is 6.92 Å². The normalized spacial score (nSPS) is 10.8. The number of benzene rings is 1. The highest BCUT2D eigenvalue weighted by Gasteiger charge is 2.16. The van der Waals surface area contributed by atoms with Gasteiger partial charge in [0.1, 0.15) is 5.69 Å². The average Bonchev–Trinajstić information content (AvgIpc) is 2.77. The number of carbonyl (C=O) groups excluding carboxylic acids is 1. The Bertz CT molecular complexity index is 749.